The van der Waals surface area contributed by atoms with Crippen LogP contribution in [0, 0.1) is 0 Å². The summed E-state index contributed by atoms with van der Waals surface area (Å²) in [7, 11) is 3.66. The van der Waals surface area contributed by atoms with Gasteiger partial charge in [0.2, 0.25) is 0 Å². The Kier molecular flexibility index (Phi) is 5.76. The molecule has 0 aliphatic heterocycles. The van der Waals surface area contributed by atoms with Crippen molar-refractivity contribution >= 4 is 34.7 Å². The zero-order chi connectivity index (χ0) is 12.0. The monoisotopic (exact) mass is 260 g/mol. The van der Waals surface area contributed by atoms with Crippen LogP contribution in [0.4, 0.5) is 0 Å². The molecule has 1 saturated carbocycles. The van der Waals surface area contributed by atoms with Gasteiger partial charge in [0.1, 0.15) is 0 Å². The van der Waals surface area contributed by atoms with Crippen LogP contribution in [0.3, 0.4) is 0 Å². The van der Waals surface area contributed by atoms with Crippen LogP contribution in [0.1, 0.15) is 25.7 Å². The standard InChI is InChI=1S/C10H20N4S2/c1-11-9(15)13-7-5-3-4-6-8(7)14-10(16)12-2/h7-8H,3-6H2,1-2H3,(H2,11,13,15)(H2,12,14,16)/t7-,8+. The van der Waals surface area contributed by atoms with Gasteiger partial charge in [-0.3, -0.25) is 0 Å². The molecule has 0 bridgehead atoms. The minimum Gasteiger partial charge on any atom is -0.366 e. The zero-order valence-corrected chi connectivity index (χ0v) is 11.4. The fourth-order valence-electron chi connectivity index (χ4n) is 1.96. The highest BCUT2D eigenvalue weighted by molar-refractivity contribution is 7.80. The molecular formula is C10H20N4S2. The summed E-state index contributed by atoms with van der Waals surface area (Å²) in [5.74, 6) is 0. The molecule has 0 amide bonds. The van der Waals surface area contributed by atoms with Gasteiger partial charge in [-0.1, -0.05) is 12.8 Å². The van der Waals surface area contributed by atoms with Gasteiger partial charge in [-0.2, -0.15) is 0 Å². The summed E-state index contributed by atoms with van der Waals surface area (Å²) in [6, 6.07) is 0.722. The first-order valence-electron chi connectivity index (χ1n) is 5.64. The van der Waals surface area contributed by atoms with E-state index in [0.29, 0.717) is 22.3 Å². The molecule has 0 aromatic rings. The zero-order valence-electron chi connectivity index (χ0n) is 9.80. The van der Waals surface area contributed by atoms with Crippen LogP contribution in [-0.4, -0.2) is 36.4 Å². The third-order valence-corrected chi connectivity index (χ3v) is 3.50. The van der Waals surface area contributed by atoms with E-state index in [1.165, 1.54) is 12.8 Å². The summed E-state index contributed by atoms with van der Waals surface area (Å²) in [4.78, 5) is 0. The molecule has 0 aromatic heterocycles. The van der Waals surface area contributed by atoms with Gasteiger partial charge in [-0.15, -0.1) is 0 Å². The molecular weight excluding hydrogens is 240 g/mol. The summed E-state index contributed by atoms with van der Waals surface area (Å²) in [6.07, 6.45) is 4.75. The first-order chi connectivity index (χ1) is 7.67. The van der Waals surface area contributed by atoms with E-state index in [2.05, 4.69) is 21.3 Å². The number of hydrogen-bond donors (Lipinski definition) is 4. The SMILES string of the molecule is CNC(=S)N[C@H]1CCCC[C@H]1NC(=S)NC. The molecule has 0 spiro atoms. The summed E-state index contributed by atoms with van der Waals surface area (Å²) >= 11 is 10.3. The highest BCUT2D eigenvalue weighted by Crippen LogP contribution is 2.18. The Morgan fingerprint density at radius 3 is 1.56 bits per heavy atom. The molecule has 2 atom stereocenters. The Bertz CT molecular complexity index is 231. The van der Waals surface area contributed by atoms with Gasteiger partial charge in [-0.05, 0) is 37.3 Å². The van der Waals surface area contributed by atoms with Crippen LogP contribution in [0.15, 0.2) is 0 Å². The van der Waals surface area contributed by atoms with Crippen LogP contribution >= 0.6 is 24.4 Å². The van der Waals surface area contributed by atoms with E-state index in [9.17, 15) is 0 Å². The lowest BCUT2D eigenvalue weighted by Gasteiger charge is -2.34. The topological polar surface area (TPSA) is 48.1 Å². The van der Waals surface area contributed by atoms with Crippen molar-refractivity contribution in [2.24, 2.45) is 0 Å². The Balaban J connectivity index is 2.49. The van der Waals surface area contributed by atoms with Crippen molar-refractivity contribution < 1.29 is 0 Å². The second-order valence-electron chi connectivity index (χ2n) is 3.94. The van der Waals surface area contributed by atoms with Gasteiger partial charge in [0.05, 0.1) is 0 Å². The van der Waals surface area contributed by atoms with Crippen LogP contribution in [-0.2, 0) is 0 Å². The van der Waals surface area contributed by atoms with Crippen molar-refractivity contribution in [1.82, 2.24) is 21.3 Å². The second kappa shape index (κ2) is 6.85. The van der Waals surface area contributed by atoms with Gasteiger partial charge in [0.25, 0.3) is 0 Å². The molecule has 6 heteroatoms. The normalized spacial score (nSPS) is 24.4. The molecule has 0 radical (unpaired) electrons. The second-order valence-corrected chi connectivity index (χ2v) is 4.76. The van der Waals surface area contributed by atoms with E-state index < -0.39 is 0 Å². The number of rotatable bonds is 2. The van der Waals surface area contributed by atoms with E-state index in [0.717, 1.165) is 12.8 Å². The molecule has 1 aliphatic rings. The molecule has 0 heterocycles. The quantitative estimate of drug-likeness (QED) is 0.542. The molecule has 1 aliphatic carbocycles. The van der Waals surface area contributed by atoms with Gasteiger partial charge < -0.3 is 21.3 Å². The first kappa shape index (κ1) is 13.4. The van der Waals surface area contributed by atoms with Gasteiger partial charge in [-0.25, -0.2) is 0 Å². The van der Waals surface area contributed by atoms with E-state index in [1.807, 2.05) is 14.1 Å². The fraction of sp³-hybridized carbons (Fsp3) is 0.800. The fourth-order valence-corrected chi connectivity index (χ4v) is 2.26. The maximum atomic E-state index is 5.13. The largest absolute Gasteiger partial charge is 0.366 e. The molecule has 4 N–H and O–H groups in total. The summed E-state index contributed by atoms with van der Waals surface area (Å²) in [5, 5.41) is 13.9. The minimum atomic E-state index is 0.361. The average molecular weight is 260 g/mol. The molecule has 16 heavy (non-hydrogen) atoms. The van der Waals surface area contributed by atoms with Crippen LogP contribution in [0.2, 0.25) is 0 Å². The highest BCUT2D eigenvalue weighted by Gasteiger charge is 2.25. The smallest absolute Gasteiger partial charge is 0.166 e. The summed E-state index contributed by atoms with van der Waals surface area (Å²) in [6.45, 7) is 0. The summed E-state index contributed by atoms with van der Waals surface area (Å²) in [5.41, 5.74) is 0. The number of thiocarbonyl (C=S) groups is 2. The lowest BCUT2D eigenvalue weighted by Crippen LogP contribution is -2.55. The Morgan fingerprint density at radius 2 is 1.25 bits per heavy atom. The third-order valence-electron chi connectivity index (χ3n) is 2.85. The number of nitrogens with one attached hydrogen (secondary N) is 4. The molecule has 4 nitrogen and oxygen atoms in total. The lowest BCUT2D eigenvalue weighted by molar-refractivity contribution is 0.337. The van der Waals surface area contributed by atoms with Crippen molar-refractivity contribution in [2.75, 3.05) is 14.1 Å². The van der Waals surface area contributed by atoms with Crippen molar-refractivity contribution in [3.8, 4) is 0 Å². The Morgan fingerprint density at radius 1 is 0.875 bits per heavy atom. The van der Waals surface area contributed by atoms with Crippen LogP contribution in [0.5, 0.6) is 0 Å². The van der Waals surface area contributed by atoms with Gasteiger partial charge in [0.15, 0.2) is 10.2 Å². The third kappa shape index (κ3) is 4.09. The Labute approximate surface area is 108 Å². The first-order valence-corrected chi connectivity index (χ1v) is 6.45. The van der Waals surface area contributed by atoms with Gasteiger partial charge >= 0.3 is 0 Å². The minimum absolute atomic E-state index is 0.361. The van der Waals surface area contributed by atoms with Crippen molar-refractivity contribution in [3.05, 3.63) is 0 Å². The maximum absolute atomic E-state index is 5.13. The molecule has 0 aromatic carbocycles. The van der Waals surface area contributed by atoms with E-state index in [-0.39, 0.29) is 0 Å². The van der Waals surface area contributed by atoms with Crippen LogP contribution in [0.25, 0.3) is 0 Å². The maximum Gasteiger partial charge on any atom is 0.166 e. The average Bonchev–Trinajstić information content (AvgIpc) is 2.31. The lowest BCUT2D eigenvalue weighted by atomic mass is 9.90. The number of hydrogen-bond acceptors (Lipinski definition) is 2. The predicted octanol–water partition coefficient (Wildman–Crippen LogP) is 0.485. The highest BCUT2D eigenvalue weighted by atomic mass is 32.1. The van der Waals surface area contributed by atoms with E-state index >= 15 is 0 Å². The molecule has 0 saturated heterocycles. The molecule has 0 unspecified atom stereocenters. The summed E-state index contributed by atoms with van der Waals surface area (Å²) < 4.78 is 0. The van der Waals surface area contributed by atoms with E-state index in [1.54, 1.807) is 0 Å². The molecule has 1 fully saturated rings. The predicted molar refractivity (Wildman–Crippen MR) is 75.6 cm³/mol. The Hall–Kier alpha value is -0.620. The van der Waals surface area contributed by atoms with Gasteiger partial charge in [0, 0.05) is 26.2 Å². The van der Waals surface area contributed by atoms with Crippen molar-refractivity contribution in [3.63, 3.8) is 0 Å². The molecule has 92 valence electrons. The van der Waals surface area contributed by atoms with Crippen molar-refractivity contribution in [1.29, 1.82) is 0 Å². The van der Waals surface area contributed by atoms with E-state index in [4.69, 9.17) is 24.4 Å². The van der Waals surface area contributed by atoms with Crippen LogP contribution < -0.4 is 21.3 Å². The van der Waals surface area contributed by atoms with Crippen molar-refractivity contribution in [2.45, 2.75) is 37.8 Å². The molecule has 1 rings (SSSR count).